The van der Waals surface area contributed by atoms with Gasteiger partial charge in [-0.15, -0.1) is 5.10 Å². The molecular weight excluding hydrogens is 354 g/mol. The molecule has 0 aliphatic rings. The first-order chi connectivity index (χ1) is 13.6. The molecule has 1 atom stereocenters. The van der Waals surface area contributed by atoms with E-state index in [9.17, 15) is 4.79 Å². The number of hydrogen-bond donors (Lipinski definition) is 2. The van der Waals surface area contributed by atoms with Gasteiger partial charge in [-0.1, -0.05) is 44.2 Å². The summed E-state index contributed by atoms with van der Waals surface area (Å²) in [5.41, 5.74) is 3.27. The predicted molar refractivity (Wildman–Crippen MR) is 106 cm³/mol. The number of carbonyl (C=O) groups excluding carboxylic acids is 1. The molecule has 1 amide bonds. The Morgan fingerprint density at radius 3 is 2.71 bits per heavy atom. The number of nitrogens with zero attached hydrogens (tertiary/aromatic N) is 5. The third kappa shape index (κ3) is 3.75. The second-order valence-corrected chi connectivity index (χ2v) is 7.11. The molecule has 0 bridgehead atoms. The summed E-state index contributed by atoms with van der Waals surface area (Å²) in [6, 6.07) is 14.4. The number of imidazole rings is 1. The van der Waals surface area contributed by atoms with Crippen LogP contribution in [-0.2, 0) is 11.2 Å². The van der Waals surface area contributed by atoms with E-state index in [1.165, 1.54) is 11.0 Å². The zero-order valence-electron chi connectivity index (χ0n) is 15.7. The van der Waals surface area contributed by atoms with Crippen LogP contribution in [-0.4, -0.2) is 36.1 Å². The van der Waals surface area contributed by atoms with Gasteiger partial charge in [0.15, 0.2) is 6.04 Å². The number of rotatable bonds is 6. The molecule has 8 nitrogen and oxygen atoms in total. The Morgan fingerprint density at radius 2 is 2.00 bits per heavy atom. The van der Waals surface area contributed by atoms with Crippen LogP contribution in [0.3, 0.4) is 0 Å². The highest BCUT2D eigenvalue weighted by molar-refractivity contribution is 5.97. The SMILES string of the molecule is CC(C)Cc1nc2ccc(NC(=O)C(c3ccccc3)n3cnnn3)cc2[nH]1. The first kappa shape index (κ1) is 17.8. The van der Waals surface area contributed by atoms with Gasteiger partial charge in [-0.3, -0.25) is 4.79 Å². The molecule has 0 fully saturated rings. The maximum absolute atomic E-state index is 13.0. The monoisotopic (exact) mass is 375 g/mol. The van der Waals surface area contributed by atoms with Crippen LogP contribution in [0.25, 0.3) is 11.0 Å². The van der Waals surface area contributed by atoms with Gasteiger partial charge < -0.3 is 10.3 Å². The lowest BCUT2D eigenvalue weighted by atomic mass is 10.1. The predicted octanol–water partition coefficient (Wildman–Crippen LogP) is 2.98. The number of H-pyrrole nitrogens is 1. The minimum absolute atomic E-state index is 0.222. The van der Waals surface area contributed by atoms with E-state index in [0.29, 0.717) is 11.6 Å². The molecule has 0 radical (unpaired) electrons. The molecule has 1 unspecified atom stereocenters. The van der Waals surface area contributed by atoms with E-state index in [4.69, 9.17) is 0 Å². The molecule has 28 heavy (non-hydrogen) atoms. The zero-order chi connectivity index (χ0) is 19.5. The summed E-state index contributed by atoms with van der Waals surface area (Å²) in [4.78, 5) is 21.0. The van der Waals surface area contributed by atoms with E-state index in [1.54, 1.807) is 0 Å². The lowest BCUT2D eigenvalue weighted by molar-refractivity contribution is -0.118. The Labute approximate surface area is 162 Å². The largest absolute Gasteiger partial charge is 0.342 e. The van der Waals surface area contributed by atoms with Crippen LogP contribution in [0, 0.1) is 5.92 Å². The van der Waals surface area contributed by atoms with E-state index in [1.807, 2.05) is 48.5 Å². The first-order valence-electron chi connectivity index (χ1n) is 9.17. The highest BCUT2D eigenvalue weighted by Gasteiger charge is 2.24. The van der Waals surface area contributed by atoms with Crippen molar-refractivity contribution < 1.29 is 4.79 Å². The van der Waals surface area contributed by atoms with Crippen LogP contribution in [0.1, 0.15) is 31.3 Å². The molecule has 0 aliphatic carbocycles. The van der Waals surface area contributed by atoms with Crippen molar-refractivity contribution in [2.24, 2.45) is 5.92 Å². The number of aromatic amines is 1. The summed E-state index contributed by atoms with van der Waals surface area (Å²) in [7, 11) is 0. The van der Waals surface area contributed by atoms with Crippen molar-refractivity contribution in [2.45, 2.75) is 26.3 Å². The molecule has 2 aromatic heterocycles. The van der Waals surface area contributed by atoms with Gasteiger partial charge in [-0.05, 0) is 40.1 Å². The van der Waals surface area contributed by atoms with E-state index in [2.05, 4.69) is 44.7 Å². The van der Waals surface area contributed by atoms with Crippen LogP contribution in [0.2, 0.25) is 0 Å². The maximum Gasteiger partial charge on any atom is 0.253 e. The third-order valence-corrected chi connectivity index (χ3v) is 4.39. The summed E-state index contributed by atoms with van der Waals surface area (Å²) >= 11 is 0. The first-order valence-corrected chi connectivity index (χ1v) is 9.17. The number of nitrogens with one attached hydrogen (secondary N) is 2. The van der Waals surface area contributed by atoms with Gasteiger partial charge in [0, 0.05) is 12.1 Å². The van der Waals surface area contributed by atoms with Gasteiger partial charge in [0.1, 0.15) is 12.2 Å². The van der Waals surface area contributed by atoms with E-state index < -0.39 is 6.04 Å². The van der Waals surface area contributed by atoms with Crippen LogP contribution in [0.5, 0.6) is 0 Å². The second kappa shape index (κ2) is 7.59. The number of amides is 1. The number of aromatic nitrogens is 6. The van der Waals surface area contributed by atoms with Crippen LogP contribution in [0.15, 0.2) is 54.9 Å². The molecule has 2 aromatic carbocycles. The molecule has 4 rings (SSSR count). The fourth-order valence-corrected chi connectivity index (χ4v) is 3.18. The Hall–Kier alpha value is -3.55. The molecular formula is C20H21N7O. The Kier molecular flexibility index (Phi) is 4.84. The van der Waals surface area contributed by atoms with Crippen molar-refractivity contribution >= 4 is 22.6 Å². The standard InChI is InChI=1S/C20H21N7O/c1-13(2)10-18-23-16-9-8-15(11-17(16)24-18)22-20(28)19(27-12-21-25-26-27)14-6-4-3-5-7-14/h3-9,11-13,19H,10H2,1-2H3,(H,22,28)(H,23,24). The number of fused-ring (bicyclic) bond motifs is 1. The minimum Gasteiger partial charge on any atom is -0.342 e. The number of benzene rings is 2. The summed E-state index contributed by atoms with van der Waals surface area (Å²) in [5, 5.41) is 14.2. The Balaban J connectivity index is 1.60. The van der Waals surface area contributed by atoms with Crippen molar-refractivity contribution in [3.8, 4) is 0 Å². The lowest BCUT2D eigenvalue weighted by Gasteiger charge is -2.16. The van der Waals surface area contributed by atoms with Crippen LogP contribution < -0.4 is 5.32 Å². The number of tetrazole rings is 1. The van der Waals surface area contributed by atoms with Gasteiger partial charge in [-0.2, -0.15) is 0 Å². The number of hydrogen-bond acceptors (Lipinski definition) is 5. The molecule has 0 spiro atoms. The molecule has 0 saturated heterocycles. The topological polar surface area (TPSA) is 101 Å². The Bertz CT molecular complexity index is 1070. The fraction of sp³-hybridized carbons (Fsp3) is 0.250. The average molecular weight is 375 g/mol. The minimum atomic E-state index is -0.662. The highest BCUT2D eigenvalue weighted by Crippen LogP contribution is 2.22. The van der Waals surface area contributed by atoms with Gasteiger partial charge in [-0.25, -0.2) is 9.67 Å². The smallest absolute Gasteiger partial charge is 0.253 e. The summed E-state index contributed by atoms with van der Waals surface area (Å²) < 4.78 is 1.44. The van der Waals surface area contributed by atoms with Crippen molar-refractivity contribution in [3.63, 3.8) is 0 Å². The van der Waals surface area contributed by atoms with Crippen LogP contribution in [0.4, 0.5) is 5.69 Å². The molecule has 142 valence electrons. The molecule has 2 heterocycles. The molecule has 8 heteroatoms. The van der Waals surface area contributed by atoms with Crippen molar-refractivity contribution in [1.82, 2.24) is 30.2 Å². The molecule has 0 aliphatic heterocycles. The summed E-state index contributed by atoms with van der Waals surface area (Å²) in [6.07, 6.45) is 2.32. The maximum atomic E-state index is 13.0. The quantitative estimate of drug-likeness (QED) is 0.539. The number of carbonyl (C=O) groups is 1. The second-order valence-electron chi connectivity index (χ2n) is 7.11. The molecule has 0 saturated carbocycles. The van der Waals surface area contributed by atoms with Gasteiger partial charge in [0.05, 0.1) is 11.0 Å². The summed E-state index contributed by atoms with van der Waals surface area (Å²) in [6.45, 7) is 4.31. The van der Waals surface area contributed by atoms with Crippen molar-refractivity contribution in [1.29, 1.82) is 0 Å². The molecule has 4 aromatic rings. The van der Waals surface area contributed by atoms with Crippen LogP contribution >= 0.6 is 0 Å². The Morgan fingerprint density at radius 1 is 1.18 bits per heavy atom. The normalized spacial score (nSPS) is 12.4. The van der Waals surface area contributed by atoms with Crippen molar-refractivity contribution in [2.75, 3.05) is 5.32 Å². The summed E-state index contributed by atoms with van der Waals surface area (Å²) in [5.74, 6) is 1.24. The zero-order valence-corrected chi connectivity index (χ0v) is 15.7. The van der Waals surface area contributed by atoms with Crippen molar-refractivity contribution in [3.05, 3.63) is 66.2 Å². The highest BCUT2D eigenvalue weighted by atomic mass is 16.2. The van der Waals surface area contributed by atoms with E-state index in [-0.39, 0.29) is 5.91 Å². The fourth-order valence-electron chi connectivity index (χ4n) is 3.18. The van der Waals surface area contributed by atoms with E-state index in [0.717, 1.165) is 28.8 Å². The van der Waals surface area contributed by atoms with Gasteiger partial charge >= 0.3 is 0 Å². The number of anilines is 1. The van der Waals surface area contributed by atoms with Gasteiger partial charge in [0.2, 0.25) is 0 Å². The average Bonchev–Trinajstić information content (AvgIpc) is 3.31. The van der Waals surface area contributed by atoms with E-state index >= 15 is 0 Å². The third-order valence-electron chi connectivity index (χ3n) is 4.39. The lowest BCUT2D eigenvalue weighted by Crippen LogP contribution is -2.27. The molecule has 2 N–H and O–H groups in total. The van der Waals surface area contributed by atoms with Gasteiger partial charge in [0.25, 0.3) is 5.91 Å².